The van der Waals surface area contributed by atoms with Gasteiger partial charge in [-0.05, 0) is 38.3 Å². The number of aryl methyl sites for hydroxylation is 3. The van der Waals surface area contributed by atoms with Crippen LogP contribution in [0.3, 0.4) is 0 Å². The number of urea groups is 1. The monoisotopic (exact) mass is 220 g/mol. The number of carbonyl (C=O) groups is 1. The van der Waals surface area contributed by atoms with Crippen molar-refractivity contribution >= 4 is 11.7 Å². The summed E-state index contributed by atoms with van der Waals surface area (Å²) in [5, 5.41) is 5.69. The zero-order valence-electron chi connectivity index (χ0n) is 10.5. The van der Waals surface area contributed by atoms with Gasteiger partial charge in [0.05, 0.1) is 0 Å². The predicted molar refractivity (Wildman–Crippen MR) is 68.0 cm³/mol. The van der Waals surface area contributed by atoms with E-state index in [0.717, 1.165) is 23.2 Å². The lowest BCUT2D eigenvalue weighted by Crippen LogP contribution is -2.29. The van der Waals surface area contributed by atoms with Crippen LogP contribution >= 0.6 is 0 Å². The molecule has 0 saturated heterocycles. The minimum Gasteiger partial charge on any atom is -0.338 e. The lowest BCUT2D eigenvalue weighted by atomic mass is 10.1. The zero-order valence-corrected chi connectivity index (χ0v) is 10.5. The van der Waals surface area contributed by atoms with E-state index in [-0.39, 0.29) is 6.03 Å². The summed E-state index contributed by atoms with van der Waals surface area (Å²) in [6.45, 7) is 8.81. The maximum absolute atomic E-state index is 11.5. The number of anilines is 1. The van der Waals surface area contributed by atoms with E-state index in [1.807, 2.05) is 20.8 Å². The van der Waals surface area contributed by atoms with Crippen LogP contribution in [0.15, 0.2) is 12.1 Å². The molecule has 0 spiro atoms. The zero-order chi connectivity index (χ0) is 12.1. The number of nitrogens with one attached hydrogen (secondary N) is 2. The van der Waals surface area contributed by atoms with Gasteiger partial charge in [0.1, 0.15) is 0 Å². The lowest BCUT2D eigenvalue weighted by Gasteiger charge is -2.13. The second-order valence-electron chi connectivity index (χ2n) is 4.15. The molecule has 3 heteroatoms. The van der Waals surface area contributed by atoms with Gasteiger partial charge in [-0.25, -0.2) is 4.79 Å². The van der Waals surface area contributed by atoms with Crippen molar-refractivity contribution in [1.29, 1.82) is 0 Å². The van der Waals surface area contributed by atoms with Crippen molar-refractivity contribution in [3.05, 3.63) is 28.8 Å². The Morgan fingerprint density at radius 1 is 1.19 bits per heavy atom. The lowest BCUT2D eigenvalue weighted by molar-refractivity contribution is 0.252. The summed E-state index contributed by atoms with van der Waals surface area (Å²) in [5.41, 5.74) is 4.34. The summed E-state index contributed by atoms with van der Waals surface area (Å²) in [6.07, 6.45) is 0.944. The van der Waals surface area contributed by atoms with Gasteiger partial charge in [0.2, 0.25) is 0 Å². The molecular formula is C13H20N2O. The van der Waals surface area contributed by atoms with Crippen molar-refractivity contribution in [3.63, 3.8) is 0 Å². The van der Waals surface area contributed by atoms with Crippen molar-refractivity contribution < 1.29 is 4.79 Å². The average Bonchev–Trinajstić information content (AvgIpc) is 2.20. The first-order valence-corrected chi connectivity index (χ1v) is 5.67. The summed E-state index contributed by atoms with van der Waals surface area (Å²) < 4.78 is 0. The van der Waals surface area contributed by atoms with E-state index in [1.54, 1.807) is 0 Å². The molecule has 2 amide bonds. The van der Waals surface area contributed by atoms with Crippen LogP contribution in [0, 0.1) is 20.8 Å². The van der Waals surface area contributed by atoms with Gasteiger partial charge in [0.15, 0.2) is 0 Å². The van der Waals surface area contributed by atoms with E-state index in [2.05, 4.69) is 29.7 Å². The molecule has 0 radical (unpaired) electrons. The van der Waals surface area contributed by atoms with E-state index in [4.69, 9.17) is 0 Å². The smallest absolute Gasteiger partial charge is 0.319 e. The van der Waals surface area contributed by atoms with Crippen LogP contribution in [-0.2, 0) is 0 Å². The number of hydrogen-bond donors (Lipinski definition) is 2. The highest BCUT2D eigenvalue weighted by Crippen LogP contribution is 2.21. The third-order valence-corrected chi connectivity index (χ3v) is 2.45. The van der Waals surface area contributed by atoms with Crippen LogP contribution in [0.4, 0.5) is 10.5 Å². The molecule has 0 fully saturated rings. The highest BCUT2D eigenvalue weighted by molar-refractivity contribution is 5.91. The molecule has 2 N–H and O–H groups in total. The number of amides is 2. The topological polar surface area (TPSA) is 41.1 Å². The van der Waals surface area contributed by atoms with Crippen LogP contribution in [0.2, 0.25) is 0 Å². The van der Waals surface area contributed by atoms with Gasteiger partial charge in [0.25, 0.3) is 0 Å². The Kier molecular flexibility index (Phi) is 4.35. The molecule has 16 heavy (non-hydrogen) atoms. The van der Waals surface area contributed by atoms with Gasteiger partial charge < -0.3 is 10.6 Å². The summed E-state index contributed by atoms with van der Waals surface area (Å²) >= 11 is 0. The Labute approximate surface area is 97.2 Å². The van der Waals surface area contributed by atoms with Gasteiger partial charge in [0, 0.05) is 12.2 Å². The molecule has 1 aromatic carbocycles. The third-order valence-electron chi connectivity index (χ3n) is 2.45. The van der Waals surface area contributed by atoms with Crippen molar-refractivity contribution in [2.45, 2.75) is 34.1 Å². The van der Waals surface area contributed by atoms with Gasteiger partial charge in [-0.1, -0.05) is 24.6 Å². The van der Waals surface area contributed by atoms with Crippen LogP contribution in [0.5, 0.6) is 0 Å². The molecule has 0 bridgehead atoms. The molecule has 0 heterocycles. The quantitative estimate of drug-likeness (QED) is 0.807. The minimum absolute atomic E-state index is 0.128. The maximum Gasteiger partial charge on any atom is 0.319 e. The Morgan fingerprint density at radius 3 is 2.25 bits per heavy atom. The number of rotatable bonds is 3. The van der Waals surface area contributed by atoms with Gasteiger partial charge >= 0.3 is 6.03 Å². The van der Waals surface area contributed by atoms with Crippen molar-refractivity contribution in [3.8, 4) is 0 Å². The van der Waals surface area contributed by atoms with Crippen LogP contribution in [-0.4, -0.2) is 12.6 Å². The molecule has 1 aromatic rings. The molecule has 1 rings (SSSR count). The number of benzene rings is 1. The molecule has 0 unspecified atom stereocenters. The van der Waals surface area contributed by atoms with Crippen molar-refractivity contribution in [2.24, 2.45) is 0 Å². The Hall–Kier alpha value is -1.51. The molecule has 0 aromatic heterocycles. The molecular weight excluding hydrogens is 200 g/mol. The fourth-order valence-electron chi connectivity index (χ4n) is 1.77. The second kappa shape index (κ2) is 5.54. The standard InChI is InChI=1S/C13H20N2O/c1-5-6-14-13(16)15-12-10(3)7-9(2)8-11(12)4/h7-8H,5-6H2,1-4H3,(H2,14,15,16). The SMILES string of the molecule is CCCNC(=O)Nc1c(C)cc(C)cc1C. The Morgan fingerprint density at radius 2 is 1.75 bits per heavy atom. The fourth-order valence-corrected chi connectivity index (χ4v) is 1.77. The number of carbonyl (C=O) groups excluding carboxylic acids is 1. The van der Waals surface area contributed by atoms with E-state index in [0.29, 0.717) is 6.54 Å². The highest BCUT2D eigenvalue weighted by Gasteiger charge is 2.06. The average molecular weight is 220 g/mol. The van der Waals surface area contributed by atoms with Gasteiger partial charge in [-0.15, -0.1) is 0 Å². The first-order valence-electron chi connectivity index (χ1n) is 5.67. The molecule has 0 aliphatic carbocycles. The van der Waals surface area contributed by atoms with Crippen molar-refractivity contribution in [2.75, 3.05) is 11.9 Å². The summed E-state index contributed by atoms with van der Waals surface area (Å²) in [5.74, 6) is 0. The number of hydrogen-bond acceptors (Lipinski definition) is 1. The Bertz CT molecular complexity index is 363. The van der Waals surface area contributed by atoms with Crippen LogP contribution in [0.25, 0.3) is 0 Å². The highest BCUT2D eigenvalue weighted by atomic mass is 16.2. The molecule has 0 saturated carbocycles. The predicted octanol–water partition coefficient (Wildman–Crippen LogP) is 3.14. The maximum atomic E-state index is 11.5. The van der Waals surface area contributed by atoms with E-state index in [9.17, 15) is 4.79 Å². The van der Waals surface area contributed by atoms with Crippen molar-refractivity contribution in [1.82, 2.24) is 5.32 Å². The molecule has 0 atom stereocenters. The Balaban J connectivity index is 2.77. The third kappa shape index (κ3) is 3.26. The molecule has 3 nitrogen and oxygen atoms in total. The molecule has 0 aliphatic rings. The van der Waals surface area contributed by atoms with E-state index >= 15 is 0 Å². The van der Waals surface area contributed by atoms with Gasteiger partial charge in [-0.2, -0.15) is 0 Å². The first kappa shape index (κ1) is 12.6. The second-order valence-corrected chi connectivity index (χ2v) is 4.15. The summed E-state index contributed by atoms with van der Waals surface area (Å²) in [6, 6.07) is 4.02. The fraction of sp³-hybridized carbons (Fsp3) is 0.462. The van der Waals surface area contributed by atoms with E-state index < -0.39 is 0 Å². The normalized spacial score (nSPS) is 10.0. The summed E-state index contributed by atoms with van der Waals surface area (Å²) in [7, 11) is 0. The molecule has 88 valence electrons. The minimum atomic E-state index is -0.128. The van der Waals surface area contributed by atoms with Gasteiger partial charge in [-0.3, -0.25) is 0 Å². The van der Waals surface area contributed by atoms with Crippen LogP contribution in [0.1, 0.15) is 30.0 Å². The first-order chi connectivity index (χ1) is 7.54. The molecule has 0 aliphatic heterocycles. The van der Waals surface area contributed by atoms with E-state index in [1.165, 1.54) is 5.56 Å². The van der Waals surface area contributed by atoms with Crippen LogP contribution < -0.4 is 10.6 Å². The largest absolute Gasteiger partial charge is 0.338 e. The summed E-state index contributed by atoms with van der Waals surface area (Å²) in [4.78, 5) is 11.5.